The van der Waals surface area contributed by atoms with E-state index < -0.39 is 0 Å². The van der Waals surface area contributed by atoms with E-state index in [0.717, 1.165) is 25.8 Å². The first-order chi connectivity index (χ1) is 6.34. The summed E-state index contributed by atoms with van der Waals surface area (Å²) in [6.45, 7) is 0.740. The third-order valence-electron chi connectivity index (χ3n) is 1.82. The van der Waals surface area contributed by atoms with E-state index in [2.05, 4.69) is 4.98 Å². The van der Waals surface area contributed by atoms with Crippen molar-refractivity contribution in [2.24, 2.45) is 0 Å². The number of halogens is 1. The highest BCUT2D eigenvalue weighted by Crippen LogP contribution is 1.98. The first kappa shape index (κ1) is 10.3. The SMILES string of the molecule is O=c1ccncn1CCCCCCl. The van der Waals surface area contributed by atoms with Crippen molar-refractivity contribution in [3.63, 3.8) is 0 Å². The van der Waals surface area contributed by atoms with Gasteiger partial charge in [0.25, 0.3) is 5.56 Å². The van der Waals surface area contributed by atoms with Gasteiger partial charge in [-0.25, -0.2) is 4.98 Å². The fraction of sp³-hybridized carbons (Fsp3) is 0.556. The molecule has 0 aliphatic rings. The summed E-state index contributed by atoms with van der Waals surface area (Å²) in [4.78, 5) is 15.1. The summed E-state index contributed by atoms with van der Waals surface area (Å²) in [7, 11) is 0. The van der Waals surface area contributed by atoms with Crippen LogP contribution in [-0.4, -0.2) is 15.4 Å². The minimum absolute atomic E-state index is 0.0147. The monoisotopic (exact) mass is 200 g/mol. The van der Waals surface area contributed by atoms with Crippen LogP contribution in [0.3, 0.4) is 0 Å². The van der Waals surface area contributed by atoms with Crippen molar-refractivity contribution in [3.05, 3.63) is 28.9 Å². The Morgan fingerprint density at radius 3 is 2.92 bits per heavy atom. The third kappa shape index (κ3) is 3.59. The largest absolute Gasteiger partial charge is 0.299 e. The van der Waals surface area contributed by atoms with Crippen LogP contribution in [0, 0.1) is 0 Å². The molecule has 72 valence electrons. The number of rotatable bonds is 5. The van der Waals surface area contributed by atoms with Gasteiger partial charge in [-0.15, -0.1) is 11.6 Å². The molecule has 0 spiro atoms. The Hall–Kier alpha value is -0.830. The first-order valence-corrected chi connectivity index (χ1v) is 4.94. The van der Waals surface area contributed by atoms with E-state index in [0.29, 0.717) is 5.88 Å². The molecule has 0 unspecified atom stereocenters. The number of hydrogen-bond acceptors (Lipinski definition) is 2. The topological polar surface area (TPSA) is 34.9 Å². The van der Waals surface area contributed by atoms with Crippen LogP contribution in [-0.2, 0) is 6.54 Å². The zero-order valence-electron chi connectivity index (χ0n) is 7.45. The molecule has 0 amide bonds. The average molecular weight is 201 g/mol. The summed E-state index contributed by atoms with van der Waals surface area (Å²) >= 11 is 5.53. The van der Waals surface area contributed by atoms with Crippen molar-refractivity contribution in [2.45, 2.75) is 25.8 Å². The van der Waals surface area contributed by atoms with Gasteiger partial charge < -0.3 is 0 Å². The van der Waals surface area contributed by atoms with Crippen LogP contribution in [0.5, 0.6) is 0 Å². The van der Waals surface area contributed by atoms with Crippen molar-refractivity contribution in [2.75, 3.05) is 5.88 Å². The zero-order valence-corrected chi connectivity index (χ0v) is 8.20. The predicted octanol–water partition coefficient (Wildman–Crippen LogP) is 1.65. The van der Waals surface area contributed by atoms with E-state index in [1.807, 2.05) is 0 Å². The fourth-order valence-electron chi connectivity index (χ4n) is 1.10. The average Bonchev–Trinajstić information content (AvgIpc) is 2.15. The number of alkyl halides is 1. The molecule has 0 saturated heterocycles. The Labute approximate surface area is 82.4 Å². The van der Waals surface area contributed by atoms with Crippen LogP contribution in [0.2, 0.25) is 0 Å². The molecule has 0 fully saturated rings. The molecule has 1 rings (SSSR count). The Balaban J connectivity index is 2.37. The molecule has 4 heteroatoms. The molecule has 13 heavy (non-hydrogen) atoms. The molecule has 0 N–H and O–H groups in total. The normalized spacial score (nSPS) is 10.2. The number of aromatic nitrogens is 2. The van der Waals surface area contributed by atoms with Gasteiger partial charge in [-0.1, -0.05) is 6.42 Å². The highest BCUT2D eigenvalue weighted by molar-refractivity contribution is 6.17. The van der Waals surface area contributed by atoms with Gasteiger partial charge in [0.05, 0.1) is 6.33 Å². The summed E-state index contributed by atoms with van der Waals surface area (Å²) in [6.07, 6.45) is 6.14. The molecule has 3 nitrogen and oxygen atoms in total. The minimum Gasteiger partial charge on any atom is -0.299 e. The second kappa shape index (κ2) is 5.75. The number of unbranched alkanes of at least 4 members (excludes halogenated alkanes) is 2. The molecule has 1 aromatic heterocycles. The second-order valence-corrected chi connectivity index (χ2v) is 3.24. The summed E-state index contributed by atoms with van der Waals surface area (Å²) in [5, 5.41) is 0. The van der Waals surface area contributed by atoms with Crippen LogP contribution >= 0.6 is 11.6 Å². The van der Waals surface area contributed by atoms with Crippen molar-refractivity contribution in [3.8, 4) is 0 Å². The van der Waals surface area contributed by atoms with Gasteiger partial charge in [0.15, 0.2) is 0 Å². The van der Waals surface area contributed by atoms with Crippen molar-refractivity contribution in [1.29, 1.82) is 0 Å². The Morgan fingerprint density at radius 1 is 1.38 bits per heavy atom. The summed E-state index contributed by atoms with van der Waals surface area (Å²) in [5.41, 5.74) is 0.0147. The first-order valence-electron chi connectivity index (χ1n) is 4.41. The van der Waals surface area contributed by atoms with Crippen molar-refractivity contribution in [1.82, 2.24) is 9.55 Å². The molecule has 0 aliphatic carbocycles. The maximum absolute atomic E-state index is 11.2. The predicted molar refractivity (Wildman–Crippen MR) is 53.1 cm³/mol. The van der Waals surface area contributed by atoms with E-state index in [4.69, 9.17) is 11.6 Å². The lowest BCUT2D eigenvalue weighted by Crippen LogP contribution is -2.18. The number of nitrogens with zero attached hydrogens (tertiary/aromatic N) is 2. The fourth-order valence-corrected chi connectivity index (χ4v) is 1.29. The van der Waals surface area contributed by atoms with Gasteiger partial charge in [-0.05, 0) is 12.8 Å². The maximum atomic E-state index is 11.2. The minimum atomic E-state index is 0.0147. The smallest absolute Gasteiger partial charge is 0.253 e. The van der Waals surface area contributed by atoms with E-state index in [-0.39, 0.29) is 5.56 Å². The lowest BCUT2D eigenvalue weighted by Gasteiger charge is -2.02. The molecule has 1 aromatic rings. The van der Waals surface area contributed by atoms with Gasteiger partial charge in [0.2, 0.25) is 0 Å². The van der Waals surface area contributed by atoms with Crippen LogP contribution in [0.25, 0.3) is 0 Å². The molecule has 0 aromatic carbocycles. The Kier molecular flexibility index (Phi) is 4.54. The highest BCUT2D eigenvalue weighted by atomic mass is 35.5. The molecular formula is C9H13ClN2O. The zero-order chi connectivity index (χ0) is 9.52. The molecule has 0 saturated carbocycles. The molecular weight excluding hydrogens is 188 g/mol. The van der Waals surface area contributed by atoms with Crippen molar-refractivity contribution >= 4 is 11.6 Å². The molecule has 0 aliphatic heterocycles. The third-order valence-corrected chi connectivity index (χ3v) is 2.09. The summed E-state index contributed by atoms with van der Waals surface area (Å²) in [6, 6.07) is 1.47. The maximum Gasteiger partial charge on any atom is 0.253 e. The van der Waals surface area contributed by atoms with Gasteiger partial charge >= 0.3 is 0 Å². The van der Waals surface area contributed by atoms with Crippen molar-refractivity contribution < 1.29 is 0 Å². The molecule has 0 radical (unpaired) electrons. The van der Waals surface area contributed by atoms with E-state index in [9.17, 15) is 4.79 Å². The number of aryl methyl sites for hydroxylation is 1. The van der Waals surface area contributed by atoms with Gasteiger partial charge in [-0.3, -0.25) is 9.36 Å². The quantitative estimate of drug-likeness (QED) is 0.535. The van der Waals surface area contributed by atoms with Gasteiger partial charge in [0, 0.05) is 24.7 Å². The Morgan fingerprint density at radius 2 is 2.23 bits per heavy atom. The lowest BCUT2D eigenvalue weighted by molar-refractivity contribution is 0.581. The second-order valence-electron chi connectivity index (χ2n) is 2.86. The van der Waals surface area contributed by atoms with E-state index >= 15 is 0 Å². The van der Waals surface area contributed by atoms with Gasteiger partial charge in [0.1, 0.15) is 0 Å². The van der Waals surface area contributed by atoms with Gasteiger partial charge in [-0.2, -0.15) is 0 Å². The summed E-state index contributed by atoms with van der Waals surface area (Å²) in [5.74, 6) is 0.696. The molecule has 0 bridgehead atoms. The molecule has 0 atom stereocenters. The highest BCUT2D eigenvalue weighted by Gasteiger charge is 1.93. The van der Waals surface area contributed by atoms with E-state index in [1.54, 1.807) is 10.9 Å². The standard InChI is InChI=1S/C9H13ClN2O/c10-5-2-1-3-7-12-8-11-6-4-9(12)13/h4,6,8H,1-3,5,7H2. The van der Waals surface area contributed by atoms with Crippen LogP contribution < -0.4 is 5.56 Å². The van der Waals surface area contributed by atoms with Crippen LogP contribution in [0.4, 0.5) is 0 Å². The van der Waals surface area contributed by atoms with E-state index in [1.165, 1.54) is 12.3 Å². The van der Waals surface area contributed by atoms with Crippen LogP contribution in [0.15, 0.2) is 23.4 Å². The lowest BCUT2D eigenvalue weighted by atomic mass is 10.2. The number of hydrogen-bond donors (Lipinski definition) is 0. The Bertz CT molecular complexity index is 298. The van der Waals surface area contributed by atoms with Crippen LogP contribution in [0.1, 0.15) is 19.3 Å². The summed E-state index contributed by atoms with van der Waals surface area (Å²) < 4.78 is 1.62. The molecule has 1 heterocycles.